The van der Waals surface area contributed by atoms with Crippen LogP contribution in [0.25, 0.3) is 0 Å². The van der Waals surface area contributed by atoms with Crippen molar-refractivity contribution in [1.82, 2.24) is 0 Å². The molecule has 2 aromatic rings. The summed E-state index contributed by atoms with van der Waals surface area (Å²) in [4.78, 5) is 21.7. The SMILES string of the molecule is O=C(Cc1ccccc1)ON1CC=Nc2ccccc21. The van der Waals surface area contributed by atoms with Crippen LogP contribution >= 0.6 is 0 Å². The second-order valence-corrected chi connectivity index (χ2v) is 4.49. The van der Waals surface area contributed by atoms with Crippen molar-refractivity contribution in [2.45, 2.75) is 6.42 Å². The first-order chi connectivity index (χ1) is 9.83. The zero-order valence-electron chi connectivity index (χ0n) is 10.9. The van der Waals surface area contributed by atoms with E-state index in [-0.39, 0.29) is 12.4 Å². The van der Waals surface area contributed by atoms with Crippen LogP contribution in [0.3, 0.4) is 0 Å². The maximum Gasteiger partial charge on any atom is 0.336 e. The second kappa shape index (κ2) is 5.57. The Bertz CT molecular complexity index is 638. The Kier molecular flexibility index (Phi) is 3.46. The molecule has 0 saturated carbocycles. The molecule has 100 valence electrons. The van der Waals surface area contributed by atoms with Crippen LogP contribution in [-0.4, -0.2) is 18.7 Å². The van der Waals surface area contributed by atoms with Crippen molar-refractivity contribution >= 4 is 23.6 Å². The van der Waals surface area contributed by atoms with Gasteiger partial charge in [0.1, 0.15) is 5.69 Å². The predicted octanol–water partition coefficient (Wildman–Crippen LogP) is 2.91. The maximum atomic E-state index is 12.0. The fraction of sp³-hybridized carbons (Fsp3) is 0.125. The lowest BCUT2D eigenvalue weighted by molar-refractivity contribution is -0.144. The first-order valence-electron chi connectivity index (χ1n) is 6.47. The number of hydrogen-bond acceptors (Lipinski definition) is 4. The molecule has 0 aliphatic carbocycles. The number of aliphatic imine (C=N–C) groups is 1. The number of rotatable bonds is 3. The minimum atomic E-state index is -0.277. The van der Waals surface area contributed by atoms with Gasteiger partial charge in [-0.15, -0.1) is 0 Å². The standard InChI is InChI=1S/C16H14N2O2/c19-16(12-13-6-2-1-3-7-13)20-18-11-10-17-14-8-4-5-9-15(14)18/h1-10H,11-12H2. The molecule has 0 amide bonds. The molecular weight excluding hydrogens is 252 g/mol. The van der Waals surface area contributed by atoms with E-state index >= 15 is 0 Å². The molecule has 0 spiro atoms. The Morgan fingerprint density at radius 2 is 1.85 bits per heavy atom. The molecule has 0 aromatic heterocycles. The van der Waals surface area contributed by atoms with Crippen LogP contribution in [0.2, 0.25) is 0 Å². The van der Waals surface area contributed by atoms with E-state index in [4.69, 9.17) is 4.84 Å². The number of para-hydroxylation sites is 2. The monoisotopic (exact) mass is 266 g/mol. The molecule has 2 aromatic carbocycles. The van der Waals surface area contributed by atoms with Gasteiger partial charge >= 0.3 is 5.97 Å². The first kappa shape index (κ1) is 12.4. The Morgan fingerprint density at radius 1 is 1.10 bits per heavy atom. The van der Waals surface area contributed by atoms with Crippen LogP contribution in [-0.2, 0) is 16.1 Å². The minimum absolute atomic E-state index is 0.261. The van der Waals surface area contributed by atoms with Crippen LogP contribution in [0.1, 0.15) is 5.56 Å². The fourth-order valence-corrected chi connectivity index (χ4v) is 2.10. The van der Waals surface area contributed by atoms with Gasteiger partial charge in [-0.25, -0.2) is 4.79 Å². The molecule has 1 heterocycles. The highest BCUT2D eigenvalue weighted by Gasteiger charge is 2.18. The molecule has 0 N–H and O–H groups in total. The zero-order valence-corrected chi connectivity index (χ0v) is 10.9. The number of hydrogen-bond donors (Lipinski definition) is 0. The van der Waals surface area contributed by atoms with E-state index < -0.39 is 0 Å². The zero-order chi connectivity index (χ0) is 13.8. The number of benzene rings is 2. The summed E-state index contributed by atoms with van der Waals surface area (Å²) < 4.78 is 0. The molecule has 0 bridgehead atoms. The van der Waals surface area contributed by atoms with E-state index in [1.54, 1.807) is 11.3 Å². The van der Waals surface area contributed by atoms with E-state index in [0.717, 1.165) is 16.9 Å². The van der Waals surface area contributed by atoms with Crippen molar-refractivity contribution in [3.8, 4) is 0 Å². The van der Waals surface area contributed by atoms with Crippen molar-refractivity contribution in [2.75, 3.05) is 11.6 Å². The molecule has 0 saturated heterocycles. The highest BCUT2D eigenvalue weighted by atomic mass is 16.7. The highest BCUT2D eigenvalue weighted by Crippen LogP contribution is 2.30. The molecule has 0 radical (unpaired) electrons. The number of nitrogens with zero attached hydrogens (tertiary/aromatic N) is 2. The van der Waals surface area contributed by atoms with Crippen molar-refractivity contribution in [3.63, 3.8) is 0 Å². The summed E-state index contributed by atoms with van der Waals surface area (Å²) >= 11 is 0. The lowest BCUT2D eigenvalue weighted by atomic mass is 10.2. The summed E-state index contributed by atoms with van der Waals surface area (Å²) in [6, 6.07) is 17.1. The summed E-state index contributed by atoms with van der Waals surface area (Å²) in [5.74, 6) is -0.277. The maximum absolute atomic E-state index is 12.0. The van der Waals surface area contributed by atoms with Gasteiger partial charge in [-0.3, -0.25) is 4.99 Å². The smallest absolute Gasteiger partial charge is 0.336 e. The van der Waals surface area contributed by atoms with Gasteiger partial charge in [0.15, 0.2) is 0 Å². The van der Waals surface area contributed by atoms with Gasteiger partial charge in [0.2, 0.25) is 0 Å². The van der Waals surface area contributed by atoms with Gasteiger partial charge in [0.05, 0.1) is 18.7 Å². The third-order valence-corrected chi connectivity index (χ3v) is 3.03. The lowest BCUT2D eigenvalue weighted by Gasteiger charge is -2.25. The minimum Gasteiger partial charge on any atom is -0.340 e. The molecule has 4 nitrogen and oxygen atoms in total. The molecule has 3 rings (SSSR count). The Labute approximate surface area is 117 Å². The van der Waals surface area contributed by atoms with E-state index in [2.05, 4.69) is 4.99 Å². The Morgan fingerprint density at radius 3 is 2.70 bits per heavy atom. The van der Waals surface area contributed by atoms with Gasteiger partial charge in [-0.2, -0.15) is 5.06 Å². The second-order valence-electron chi connectivity index (χ2n) is 4.49. The summed E-state index contributed by atoms with van der Waals surface area (Å²) in [5, 5.41) is 1.58. The average molecular weight is 266 g/mol. The van der Waals surface area contributed by atoms with E-state index in [1.807, 2.05) is 54.6 Å². The van der Waals surface area contributed by atoms with E-state index in [1.165, 1.54) is 0 Å². The fourth-order valence-electron chi connectivity index (χ4n) is 2.10. The number of carbonyl (C=O) groups excluding carboxylic acids is 1. The summed E-state index contributed by atoms with van der Waals surface area (Å²) in [7, 11) is 0. The Hall–Kier alpha value is -2.62. The molecule has 4 heteroatoms. The normalized spacial score (nSPS) is 12.9. The van der Waals surface area contributed by atoms with Crippen molar-refractivity contribution < 1.29 is 9.63 Å². The summed E-state index contributed by atoms with van der Waals surface area (Å²) in [6.45, 7) is 0.470. The van der Waals surface area contributed by atoms with Crippen LogP contribution in [0.4, 0.5) is 11.4 Å². The van der Waals surface area contributed by atoms with Crippen molar-refractivity contribution in [2.24, 2.45) is 4.99 Å². The first-order valence-corrected chi connectivity index (χ1v) is 6.47. The van der Waals surface area contributed by atoms with Crippen LogP contribution < -0.4 is 5.06 Å². The van der Waals surface area contributed by atoms with Gasteiger partial charge in [-0.05, 0) is 17.7 Å². The lowest BCUT2D eigenvalue weighted by Crippen LogP contribution is -2.31. The van der Waals surface area contributed by atoms with Gasteiger partial charge in [-0.1, -0.05) is 42.5 Å². The molecule has 1 aliphatic rings. The molecule has 20 heavy (non-hydrogen) atoms. The van der Waals surface area contributed by atoms with Gasteiger partial charge in [0.25, 0.3) is 0 Å². The number of carbonyl (C=O) groups is 1. The average Bonchev–Trinajstić information content (AvgIpc) is 2.48. The van der Waals surface area contributed by atoms with Crippen molar-refractivity contribution in [1.29, 1.82) is 0 Å². The molecule has 0 atom stereocenters. The molecule has 0 fully saturated rings. The van der Waals surface area contributed by atoms with Crippen LogP contribution in [0, 0.1) is 0 Å². The molecule has 1 aliphatic heterocycles. The Balaban J connectivity index is 1.69. The molecular formula is C16H14N2O2. The largest absolute Gasteiger partial charge is 0.340 e. The number of hydroxylamine groups is 1. The summed E-state index contributed by atoms with van der Waals surface area (Å²) in [6.07, 6.45) is 1.99. The van der Waals surface area contributed by atoms with Gasteiger partial charge in [0, 0.05) is 6.21 Å². The van der Waals surface area contributed by atoms with Crippen molar-refractivity contribution in [3.05, 3.63) is 60.2 Å². The van der Waals surface area contributed by atoms with Crippen LogP contribution in [0.15, 0.2) is 59.6 Å². The summed E-state index contributed by atoms with van der Waals surface area (Å²) in [5.41, 5.74) is 2.57. The van der Waals surface area contributed by atoms with Gasteiger partial charge < -0.3 is 4.84 Å². The highest BCUT2D eigenvalue weighted by molar-refractivity contribution is 5.82. The third kappa shape index (κ3) is 2.69. The van der Waals surface area contributed by atoms with E-state index in [0.29, 0.717) is 6.54 Å². The number of fused-ring (bicyclic) bond motifs is 1. The topological polar surface area (TPSA) is 41.9 Å². The third-order valence-electron chi connectivity index (χ3n) is 3.03. The van der Waals surface area contributed by atoms with E-state index in [9.17, 15) is 4.79 Å². The van der Waals surface area contributed by atoms with Crippen LogP contribution in [0.5, 0.6) is 0 Å². The number of anilines is 1. The molecule has 0 unspecified atom stereocenters. The quantitative estimate of drug-likeness (QED) is 0.857. The predicted molar refractivity (Wildman–Crippen MR) is 78.2 cm³/mol.